The first-order chi connectivity index (χ1) is 9.06. The molecule has 0 saturated carbocycles. The molecule has 1 saturated heterocycles. The van der Waals surface area contributed by atoms with Gasteiger partial charge >= 0.3 is 0 Å². The molecular weight excluding hydrogens is 244 g/mol. The van der Waals surface area contributed by atoms with Gasteiger partial charge in [0.05, 0.1) is 0 Å². The van der Waals surface area contributed by atoms with E-state index in [2.05, 4.69) is 15.2 Å². The number of pyridine rings is 1. The third-order valence-corrected chi connectivity index (χ3v) is 3.10. The fourth-order valence-corrected chi connectivity index (χ4v) is 2.00. The van der Waals surface area contributed by atoms with Crippen LogP contribution in [-0.2, 0) is 4.79 Å². The highest BCUT2D eigenvalue weighted by atomic mass is 16.2. The number of nitrogens with zero attached hydrogens (tertiary/aromatic N) is 3. The molecule has 1 N–H and O–H groups in total. The highest BCUT2D eigenvalue weighted by molar-refractivity contribution is 5.96. The Morgan fingerprint density at radius 3 is 2.58 bits per heavy atom. The van der Waals surface area contributed by atoms with Crippen molar-refractivity contribution >= 4 is 17.6 Å². The lowest BCUT2D eigenvalue weighted by molar-refractivity contribution is -0.114. The Hall–Kier alpha value is -1.95. The summed E-state index contributed by atoms with van der Waals surface area (Å²) in [4.78, 5) is 31.3. The summed E-state index contributed by atoms with van der Waals surface area (Å²) in [5, 5.41) is 2.58. The lowest BCUT2D eigenvalue weighted by atomic mass is 10.2. The van der Waals surface area contributed by atoms with Crippen LogP contribution in [0.5, 0.6) is 0 Å². The largest absolute Gasteiger partial charge is 0.336 e. The summed E-state index contributed by atoms with van der Waals surface area (Å²) in [7, 11) is 2.04. The molecule has 102 valence electrons. The summed E-state index contributed by atoms with van der Waals surface area (Å²) in [6, 6.07) is 3.29. The Balaban J connectivity index is 2.08. The van der Waals surface area contributed by atoms with Gasteiger partial charge in [-0.2, -0.15) is 0 Å². The van der Waals surface area contributed by atoms with E-state index in [9.17, 15) is 9.59 Å². The number of anilines is 1. The van der Waals surface area contributed by atoms with Crippen molar-refractivity contribution in [1.82, 2.24) is 14.8 Å². The Morgan fingerprint density at radius 1 is 1.26 bits per heavy atom. The van der Waals surface area contributed by atoms with Crippen molar-refractivity contribution in [3.05, 3.63) is 23.9 Å². The van der Waals surface area contributed by atoms with Gasteiger partial charge in [-0.25, -0.2) is 4.98 Å². The van der Waals surface area contributed by atoms with Crippen molar-refractivity contribution in [2.75, 3.05) is 38.5 Å². The lowest BCUT2D eigenvalue weighted by Crippen LogP contribution is -2.47. The van der Waals surface area contributed by atoms with E-state index in [1.165, 1.54) is 13.1 Å². The van der Waals surface area contributed by atoms with Crippen LogP contribution in [0.1, 0.15) is 17.3 Å². The number of amides is 2. The topological polar surface area (TPSA) is 65.5 Å². The van der Waals surface area contributed by atoms with E-state index < -0.39 is 0 Å². The van der Waals surface area contributed by atoms with Crippen molar-refractivity contribution in [3.63, 3.8) is 0 Å². The smallest absolute Gasteiger partial charge is 0.254 e. The summed E-state index contributed by atoms with van der Waals surface area (Å²) < 4.78 is 0. The van der Waals surface area contributed by atoms with Gasteiger partial charge in [-0.3, -0.25) is 9.59 Å². The van der Waals surface area contributed by atoms with E-state index in [0.29, 0.717) is 11.4 Å². The van der Waals surface area contributed by atoms with Crippen LogP contribution in [-0.4, -0.2) is 59.8 Å². The molecule has 2 amide bonds. The maximum atomic E-state index is 12.3. The molecule has 1 fully saturated rings. The summed E-state index contributed by atoms with van der Waals surface area (Å²) in [6.45, 7) is 4.64. The molecule has 0 atom stereocenters. The molecule has 0 bridgehead atoms. The number of hydrogen-bond donors (Lipinski definition) is 1. The number of hydrogen-bond acceptors (Lipinski definition) is 4. The normalized spacial score (nSPS) is 16.2. The summed E-state index contributed by atoms with van der Waals surface area (Å²) in [5.74, 6) is 0.200. The highest BCUT2D eigenvalue weighted by Crippen LogP contribution is 2.11. The molecule has 6 heteroatoms. The van der Waals surface area contributed by atoms with Gasteiger partial charge in [-0.05, 0) is 19.2 Å². The minimum atomic E-state index is -0.198. The maximum absolute atomic E-state index is 12.3. The van der Waals surface area contributed by atoms with Crippen LogP contribution in [0.3, 0.4) is 0 Å². The predicted octanol–water partition coefficient (Wildman–Crippen LogP) is 0.428. The van der Waals surface area contributed by atoms with Gasteiger partial charge in [0, 0.05) is 44.9 Å². The third kappa shape index (κ3) is 3.51. The van der Waals surface area contributed by atoms with E-state index in [4.69, 9.17) is 0 Å². The van der Waals surface area contributed by atoms with Crippen LogP contribution < -0.4 is 5.32 Å². The summed E-state index contributed by atoms with van der Waals surface area (Å²) in [5.41, 5.74) is 0.559. The molecular formula is C13H18N4O2. The molecule has 1 aromatic rings. The van der Waals surface area contributed by atoms with Gasteiger partial charge < -0.3 is 15.1 Å². The van der Waals surface area contributed by atoms with E-state index in [-0.39, 0.29) is 11.8 Å². The van der Waals surface area contributed by atoms with Gasteiger partial charge in [-0.15, -0.1) is 0 Å². The van der Waals surface area contributed by atoms with E-state index >= 15 is 0 Å². The molecule has 2 heterocycles. The van der Waals surface area contributed by atoms with Crippen molar-refractivity contribution in [3.8, 4) is 0 Å². The van der Waals surface area contributed by atoms with Crippen LogP contribution in [0.2, 0.25) is 0 Å². The van der Waals surface area contributed by atoms with Crippen LogP contribution in [0, 0.1) is 0 Å². The van der Waals surface area contributed by atoms with E-state index in [0.717, 1.165) is 26.2 Å². The molecule has 2 rings (SSSR count). The first-order valence-electron chi connectivity index (χ1n) is 6.28. The van der Waals surface area contributed by atoms with Crippen molar-refractivity contribution < 1.29 is 9.59 Å². The van der Waals surface area contributed by atoms with Gasteiger partial charge in [0.2, 0.25) is 5.91 Å². The zero-order valence-electron chi connectivity index (χ0n) is 11.2. The summed E-state index contributed by atoms with van der Waals surface area (Å²) in [6.07, 6.45) is 1.54. The molecule has 0 unspecified atom stereocenters. The second-order valence-corrected chi connectivity index (χ2v) is 4.71. The SMILES string of the molecule is CC(=O)Nc1cc(C(=O)N2CCN(C)CC2)ccn1. The molecule has 6 nitrogen and oxygen atoms in total. The number of piperazine rings is 1. The zero-order chi connectivity index (χ0) is 13.8. The minimum absolute atomic E-state index is 0.0119. The van der Waals surface area contributed by atoms with E-state index in [1.54, 1.807) is 12.1 Å². The zero-order valence-corrected chi connectivity index (χ0v) is 11.2. The second kappa shape index (κ2) is 5.79. The van der Waals surface area contributed by atoms with Gasteiger partial charge in [0.1, 0.15) is 5.82 Å². The molecule has 19 heavy (non-hydrogen) atoms. The fraction of sp³-hybridized carbons (Fsp3) is 0.462. The Kier molecular flexibility index (Phi) is 4.11. The third-order valence-electron chi connectivity index (χ3n) is 3.10. The van der Waals surface area contributed by atoms with Crippen molar-refractivity contribution in [2.45, 2.75) is 6.92 Å². The lowest BCUT2D eigenvalue weighted by Gasteiger charge is -2.32. The molecule has 1 aliphatic heterocycles. The molecule has 0 spiro atoms. The number of carbonyl (C=O) groups is 2. The highest BCUT2D eigenvalue weighted by Gasteiger charge is 2.20. The Bertz CT molecular complexity index is 481. The van der Waals surface area contributed by atoms with Gasteiger partial charge in [0.25, 0.3) is 5.91 Å². The number of carbonyl (C=O) groups excluding carboxylic acids is 2. The fourth-order valence-electron chi connectivity index (χ4n) is 2.00. The Morgan fingerprint density at radius 2 is 1.95 bits per heavy atom. The average molecular weight is 262 g/mol. The monoisotopic (exact) mass is 262 g/mol. The van der Waals surface area contributed by atoms with Crippen LogP contribution in [0.15, 0.2) is 18.3 Å². The van der Waals surface area contributed by atoms with Crippen molar-refractivity contribution in [1.29, 1.82) is 0 Å². The van der Waals surface area contributed by atoms with Crippen LogP contribution >= 0.6 is 0 Å². The average Bonchev–Trinajstić information content (AvgIpc) is 2.38. The van der Waals surface area contributed by atoms with Crippen LogP contribution in [0.25, 0.3) is 0 Å². The van der Waals surface area contributed by atoms with Gasteiger partial charge in [0.15, 0.2) is 0 Å². The first kappa shape index (κ1) is 13.5. The first-order valence-corrected chi connectivity index (χ1v) is 6.28. The molecule has 1 aromatic heterocycles. The second-order valence-electron chi connectivity index (χ2n) is 4.71. The van der Waals surface area contributed by atoms with Crippen LogP contribution in [0.4, 0.5) is 5.82 Å². The predicted molar refractivity (Wildman–Crippen MR) is 71.9 cm³/mol. The Labute approximate surface area is 112 Å². The minimum Gasteiger partial charge on any atom is -0.336 e. The van der Waals surface area contributed by atoms with E-state index in [1.807, 2.05) is 11.9 Å². The molecule has 0 aliphatic carbocycles. The van der Waals surface area contributed by atoms with Gasteiger partial charge in [-0.1, -0.05) is 0 Å². The number of rotatable bonds is 2. The van der Waals surface area contributed by atoms with Crippen molar-refractivity contribution in [2.24, 2.45) is 0 Å². The number of nitrogens with one attached hydrogen (secondary N) is 1. The summed E-state index contributed by atoms with van der Waals surface area (Å²) >= 11 is 0. The standard InChI is InChI=1S/C13H18N4O2/c1-10(18)15-12-9-11(3-4-14-12)13(19)17-7-5-16(2)6-8-17/h3-4,9H,5-8H2,1-2H3,(H,14,15,18). The molecule has 1 aliphatic rings. The number of aromatic nitrogens is 1. The molecule has 0 radical (unpaired) electrons. The quantitative estimate of drug-likeness (QED) is 0.839. The number of likely N-dealkylation sites (N-methyl/N-ethyl adjacent to an activating group) is 1. The molecule has 0 aromatic carbocycles. The maximum Gasteiger partial charge on any atom is 0.254 e.